The van der Waals surface area contributed by atoms with E-state index in [0.29, 0.717) is 33.2 Å². The van der Waals surface area contributed by atoms with Gasteiger partial charge in [0, 0.05) is 22.8 Å². The number of aromatic nitrogens is 2. The lowest BCUT2D eigenvalue weighted by atomic mass is 10.1. The highest BCUT2D eigenvalue weighted by atomic mass is 35.5. The summed E-state index contributed by atoms with van der Waals surface area (Å²) >= 11 is 5.90. The van der Waals surface area contributed by atoms with E-state index in [9.17, 15) is 14.6 Å². The van der Waals surface area contributed by atoms with Crippen molar-refractivity contribution < 1.29 is 14.6 Å². The number of rotatable bonds is 2. The standard InChI is InChI=1S/C19H12ClFN2O2/c20-11-4-6-14(16(24)9-11)19-22-18(15-3-1-2-8-23(15)19)13-7-5-12(21)10-17(13)25/h1-10,24-25H. The molecule has 6 heteroatoms. The van der Waals surface area contributed by atoms with Crippen LogP contribution in [0.4, 0.5) is 4.39 Å². The van der Waals surface area contributed by atoms with Gasteiger partial charge in [-0.1, -0.05) is 17.7 Å². The summed E-state index contributed by atoms with van der Waals surface area (Å²) in [7, 11) is 0. The molecule has 0 aliphatic rings. The molecule has 0 saturated carbocycles. The summed E-state index contributed by atoms with van der Waals surface area (Å²) in [6, 6.07) is 14.1. The zero-order chi connectivity index (χ0) is 17.6. The molecule has 4 aromatic rings. The molecular formula is C19H12ClFN2O2. The molecule has 0 atom stereocenters. The van der Waals surface area contributed by atoms with E-state index in [1.807, 2.05) is 18.2 Å². The fraction of sp³-hybridized carbons (Fsp3) is 0. The smallest absolute Gasteiger partial charge is 0.149 e. The molecule has 0 fully saturated rings. The van der Waals surface area contributed by atoms with Crippen LogP contribution in [0.5, 0.6) is 11.5 Å². The Hall–Kier alpha value is -3.05. The van der Waals surface area contributed by atoms with Crippen molar-refractivity contribution in [1.82, 2.24) is 9.38 Å². The summed E-state index contributed by atoms with van der Waals surface area (Å²) in [6.07, 6.45) is 1.80. The monoisotopic (exact) mass is 354 g/mol. The fourth-order valence-electron chi connectivity index (χ4n) is 2.82. The van der Waals surface area contributed by atoms with E-state index in [2.05, 4.69) is 4.98 Å². The third kappa shape index (κ3) is 2.58. The molecule has 2 N–H and O–H groups in total. The van der Waals surface area contributed by atoms with Crippen LogP contribution in [-0.4, -0.2) is 19.6 Å². The molecule has 0 unspecified atom stereocenters. The summed E-state index contributed by atoms with van der Waals surface area (Å²) in [5, 5.41) is 20.8. The van der Waals surface area contributed by atoms with E-state index < -0.39 is 5.82 Å². The molecule has 124 valence electrons. The molecular weight excluding hydrogens is 343 g/mol. The van der Waals surface area contributed by atoms with Gasteiger partial charge in [-0.25, -0.2) is 9.37 Å². The number of imidazole rings is 1. The van der Waals surface area contributed by atoms with Gasteiger partial charge in [-0.3, -0.25) is 4.40 Å². The number of halogens is 2. The fourth-order valence-corrected chi connectivity index (χ4v) is 2.99. The first-order valence-electron chi connectivity index (χ1n) is 7.49. The number of hydrogen-bond acceptors (Lipinski definition) is 3. The molecule has 4 nitrogen and oxygen atoms in total. The zero-order valence-corrected chi connectivity index (χ0v) is 13.6. The van der Waals surface area contributed by atoms with Gasteiger partial charge in [-0.2, -0.15) is 0 Å². The number of benzene rings is 2. The Bertz CT molecular complexity index is 1020. The predicted molar refractivity (Wildman–Crippen MR) is 94.4 cm³/mol. The summed E-state index contributed by atoms with van der Waals surface area (Å²) in [6.45, 7) is 0. The third-order valence-electron chi connectivity index (χ3n) is 3.96. The minimum absolute atomic E-state index is 0.00173. The van der Waals surface area contributed by atoms with Gasteiger partial charge in [0.15, 0.2) is 0 Å². The average Bonchev–Trinajstić information content (AvgIpc) is 2.94. The van der Waals surface area contributed by atoms with Crippen LogP contribution in [0.1, 0.15) is 0 Å². The maximum Gasteiger partial charge on any atom is 0.149 e. The van der Waals surface area contributed by atoms with Gasteiger partial charge in [0.25, 0.3) is 0 Å². The zero-order valence-electron chi connectivity index (χ0n) is 12.8. The van der Waals surface area contributed by atoms with Crippen LogP contribution in [0.2, 0.25) is 5.02 Å². The van der Waals surface area contributed by atoms with Crippen molar-refractivity contribution in [2.24, 2.45) is 0 Å². The van der Waals surface area contributed by atoms with Gasteiger partial charge in [0.2, 0.25) is 0 Å². The van der Waals surface area contributed by atoms with E-state index in [4.69, 9.17) is 11.6 Å². The lowest BCUT2D eigenvalue weighted by molar-refractivity contribution is 0.471. The quantitative estimate of drug-likeness (QED) is 0.540. The Morgan fingerprint density at radius 1 is 0.920 bits per heavy atom. The number of fused-ring (bicyclic) bond motifs is 1. The van der Waals surface area contributed by atoms with Crippen molar-refractivity contribution >= 4 is 17.1 Å². The predicted octanol–water partition coefficient (Wildman–Crippen LogP) is 4.87. The summed E-state index contributed by atoms with van der Waals surface area (Å²) < 4.78 is 15.1. The second-order valence-electron chi connectivity index (χ2n) is 5.56. The highest BCUT2D eigenvalue weighted by molar-refractivity contribution is 6.30. The van der Waals surface area contributed by atoms with E-state index in [1.54, 1.807) is 22.7 Å². The van der Waals surface area contributed by atoms with E-state index >= 15 is 0 Å². The van der Waals surface area contributed by atoms with Crippen LogP contribution in [-0.2, 0) is 0 Å². The number of pyridine rings is 1. The largest absolute Gasteiger partial charge is 0.507 e. The Morgan fingerprint density at radius 3 is 2.44 bits per heavy atom. The number of phenolic OH excluding ortho intramolecular Hbond substituents is 2. The second kappa shape index (κ2) is 5.79. The minimum atomic E-state index is -0.527. The van der Waals surface area contributed by atoms with Crippen molar-refractivity contribution in [3.63, 3.8) is 0 Å². The third-order valence-corrected chi connectivity index (χ3v) is 4.20. The van der Waals surface area contributed by atoms with Crippen molar-refractivity contribution in [3.05, 3.63) is 71.6 Å². The Kier molecular flexibility index (Phi) is 3.58. The van der Waals surface area contributed by atoms with Gasteiger partial charge < -0.3 is 10.2 Å². The topological polar surface area (TPSA) is 57.8 Å². The number of nitrogens with zero attached hydrogens (tertiary/aromatic N) is 2. The van der Waals surface area contributed by atoms with Crippen LogP contribution in [0.3, 0.4) is 0 Å². The Morgan fingerprint density at radius 2 is 1.68 bits per heavy atom. The first-order valence-corrected chi connectivity index (χ1v) is 7.87. The second-order valence-corrected chi connectivity index (χ2v) is 6.00. The molecule has 2 heterocycles. The Balaban J connectivity index is 2.02. The molecule has 0 aliphatic carbocycles. The molecule has 0 radical (unpaired) electrons. The highest BCUT2D eigenvalue weighted by Gasteiger charge is 2.18. The van der Waals surface area contributed by atoms with Crippen LogP contribution in [0.15, 0.2) is 60.8 Å². The van der Waals surface area contributed by atoms with Crippen molar-refractivity contribution in [3.8, 4) is 34.1 Å². The normalized spacial score (nSPS) is 11.1. The van der Waals surface area contributed by atoms with Gasteiger partial charge in [0.1, 0.15) is 28.8 Å². The first kappa shape index (κ1) is 15.5. The number of hydrogen-bond donors (Lipinski definition) is 2. The summed E-state index contributed by atoms with van der Waals surface area (Å²) in [4.78, 5) is 4.59. The lowest BCUT2D eigenvalue weighted by Crippen LogP contribution is -1.88. The summed E-state index contributed by atoms with van der Waals surface area (Å²) in [5.74, 6) is -0.238. The average molecular weight is 355 g/mol. The molecule has 0 aliphatic heterocycles. The van der Waals surface area contributed by atoms with E-state index in [0.717, 1.165) is 6.07 Å². The van der Waals surface area contributed by atoms with Crippen molar-refractivity contribution in [2.45, 2.75) is 0 Å². The molecule has 2 aromatic heterocycles. The maximum absolute atomic E-state index is 13.3. The highest BCUT2D eigenvalue weighted by Crippen LogP contribution is 2.37. The minimum Gasteiger partial charge on any atom is -0.507 e. The van der Waals surface area contributed by atoms with Crippen molar-refractivity contribution in [1.29, 1.82) is 0 Å². The first-order chi connectivity index (χ1) is 12.0. The molecule has 4 rings (SSSR count). The van der Waals surface area contributed by atoms with Crippen LogP contribution in [0.25, 0.3) is 28.2 Å². The van der Waals surface area contributed by atoms with E-state index in [-0.39, 0.29) is 11.5 Å². The van der Waals surface area contributed by atoms with Crippen LogP contribution < -0.4 is 0 Å². The molecule has 25 heavy (non-hydrogen) atoms. The molecule has 2 aromatic carbocycles. The molecule has 0 amide bonds. The van der Waals surface area contributed by atoms with Gasteiger partial charge in [0.05, 0.1) is 11.1 Å². The van der Waals surface area contributed by atoms with Gasteiger partial charge in [-0.05, 0) is 42.5 Å². The van der Waals surface area contributed by atoms with Crippen LogP contribution >= 0.6 is 11.6 Å². The van der Waals surface area contributed by atoms with Crippen molar-refractivity contribution in [2.75, 3.05) is 0 Å². The van der Waals surface area contributed by atoms with Gasteiger partial charge in [-0.15, -0.1) is 0 Å². The number of phenols is 2. The SMILES string of the molecule is Oc1cc(F)ccc1-c1nc(-c2ccc(Cl)cc2O)n2ccccc12. The molecule has 0 spiro atoms. The molecule has 0 saturated heterocycles. The Labute approximate surface area is 147 Å². The summed E-state index contributed by atoms with van der Waals surface area (Å²) in [5.41, 5.74) is 2.11. The number of aromatic hydroxyl groups is 2. The molecule has 0 bridgehead atoms. The maximum atomic E-state index is 13.3. The lowest BCUT2D eigenvalue weighted by Gasteiger charge is -2.04. The van der Waals surface area contributed by atoms with Gasteiger partial charge >= 0.3 is 0 Å². The van der Waals surface area contributed by atoms with E-state index in [1.165, 1.54) is 18.2 Å². The van der Waals surface area contributed by atoms with Crippen LogP contribution in [0, 0.1) is 5.82 Å².